The van der Waals surface area contributed by atoms with Gasteiger partial charge in [-0.15, -0.1) is 5.06 Å². The third kappa shape index (κ3) is 16.4. The molecule has 0 saturated carbocycles. The zero-order valence-electron chi connectivity index (χ0n) is 39.5. The maximum atomic E-state index is 12.4. The molecule has 2 N–H and O–H groups in total. The molecule has 1 saturated heterocycles. The van der Waals surface area contributed by atoms with E-state index >= 15 is 0 Å². The van der Waals surface area contributed by atoms with Crippen molar-refractivity contribution in [3.05, 3.63) is 83.6 Å². The number of imide groups is 1. The summed E-state index contributed by atoms with van der Waals surface area (Å²) in [6.45, 7) is 4.29. The third-order valence-electron chi connectivity index (χ3n) is 11.9. The third-order valence-corrected chi connectivity index (χ3v) is 15.1. The van der Waals surface area contributed by atoms with Gasteiger partial charge in [0.1, 0.15) is 16.7 Å². The maximum Gasteiger partial charge on any atom is 1.00 e. The van der Waals surface area contributed by atoms with Crippen LogP contribution >= 0.6 is 0 Å². The van der Waals surface area contributed by atoms with Crippen molar-refractivity contribution >= 4 is 75.3 Å². The van der Waals surface area contributed by atoms with Gasteiger partial charge in [-0.3, -0.25) is 18.7 Å². The van der Waals surface area contributed by atoms with Gasteiger partial charge in [0.05, 0.1) is 37.7 Å². The molecule has 0 aliphatic carbocycles. The Bertz CT molecular complexity index is 2820. The first-order valence-electron chi connectivity index (χ1n) is 20.8. The number of anilines is 1. The summed E-state index contributed by atoms with van der Waals surface area (Å²) in [5, 5.41) is 0.468. The van der Waals surface area contributed by atoms with Crippen LogP contribution in [0.2, 0.25) is 0 Å². The molecule has 0 aromatic heterocycles. The molecule has 27 heteroatoms. The molecule has 20 nitrogen and oxygen atoms in total. The first kappa shape index (κ1) is 63.5. The van der Waals surface area contributed by atoms with Crippen molar-refractivity contribution in [2.75, 3.05) is 43.2 Å². The van der Waals surface area contributed by atoms with E-state index in [1.165, 1.54) is 37.4 Å². The summed E-state index contributed by atoms with van der Waals surface area (Å²) in [4.78, 5) is 42.1. The minimum atomic E-state index is -4.94. The van der Waals surface area contributed by atoms with Crippen LogP contribution in [0.3, 0.4) is 0 Å². The predicted molar refractivity (Wildman–Crippen MR) is 236 cm³/mol. The van der Waals surface area contributed by atoms with E-state index in [2.05, 4.69) is 0 Å². The van der Waals surface area contributed by atoms with E-state index in [1.807, 2.05) is 9.48 Å². The van der Waals surface area contributed by atoms with Gasteiger partial charge in [-0.25, -0.2) is 21.6 Å². The van der Waals surface area contributed by atoms with Crippen LogP contribution in [0.25, 0.3) is 0 Å². The van der Waals surface area contributed by atoms with Crippen LogP contribution in [0, 0.1) is 0 Å². The molecule has 3 heterocycles. The summed E-state index contributed by atoms with van der Waals surface area (Å²) in [5.41, 5.74) is 0.881. The van der Waals surface area contributed by atoms with E-state index in [1.54, 1.807) is 44.2 Å². The first-order valence-corrected chi connectivity index (χ1v) is 26.9. The number of rotatable bonds is 23. The molecule has 362 valence electrons. The van der Waals surface area contributed by atoms with Gasteiger partial charge in [-0.2, -0.15) is 21.4 Å². The number of hydrogen-bond acceptors (Lipinski definition) is 16. The molecule has 3 aliphatic heterocycles. The fraction of sp³-hybridized carbons (Fsp3) is 0.476. The number of hydrogen-bond donors (Lipinski definition) is 2. The molecular formula is C42H52N3Na3O17S4+2. The van der Waals surface area contributed by atoms with Gasteiger partial charge in [0.25, 0.3) is 32.1 Å². The molecular weight excluding hydrogens is 1020 g/mol. The van der Waals surface area contributed by atoms with E-state index in [4.69, 9.17) is 9.57 Å². The summed E-state index contributed by atoms with van der Waals surface area (Å²) >= 11 is 0. The van der Waals surface area contributed by atoms with E-state index in [0.29, 0.717) is 58.2 Å². The molecule has 0 bridgehead atoms. The van der Waals surface area contributed by atoms with E-state index in [9.17, 15) is 66.3 Å². The average molecular weight is 1070 g/mol. The van der Waals surface area contributed by atoms with Crippen molar-refractivity contribution in [2.45, 2.75) is 98.7 Å². The Labute approximate surface area is 469 Å². The number of ether oxygens (including phenoxy) is 1. The van der Waals surface area contributed by atoms with Crippen LogP contribution in [0.5, 0.6) is 0 Å². The van der Waals surface area contributed by atoms with Crippen LogP contribution in [-0.2, 0) is 75.3 Å². The van der Waals surface area contributed by atoms with Gasteiger partial charge in [-0.1, -0.05) is 18.2 Å². The molecule has 2 unspecified atom stereocenters. The second-order valence-electron chi connectivity index (χ2n) is 16.5. The van der Waals surface area contributed by atoms with Crippen molar-refractivity contribution in [3.8, 4) is 0 Å². The topological polar surface area (TPSA) is 302 Å². The second kappa shape index (κ2) is 26.0. The van der Waals surface area contributed by atoms with Gasteiger partial charge in [0, 0.05) is 79.6 Å². The minimum Gasteiger partial charge on any atom is -0.748 e. The summed E-state index contributed by atoms with van der Waals surface area (Å²) < 4.78 is 146. The number of benzene rings is 2. The molecule has 2 aromatic carbocycles. The van der Waals surface area contributed by atoms with E-state index in [0.717, 1.165) is 6.07 Å². The number of unbranched alkanes of at least 4 members (excludes halogenated alkanes) is 2. The van der Waals surface area contributed by atoms with Crippen LogP contribution in [0.15, 0.2) is 82.3 Å². The molecule has 0 spiro atoms. The van der Waals surface area contributed by atoms with Crippen LogP contribution in [0.1, 0.15) is 89.2 Å². The summed E-state index contributed by atoms with van der Waals surface area (Å²) in [6.07, 6.45) is 9.41. The maximum absolute atomic E-state index is 12.4. The molecule has 2 aromatic rings. The number of methoxy groups -OCH3 is 1. The van der Waals surface area contributed by atoms with Gasteiger partial charge in [-0.05, 0) is 94.3 Å². The Morgan fingerprint density at radius 3 is 1.99 bits per heavy atom. The average Bonchev–Trinajstić information content (AvgIpc) is 3.74. The number of fused-ring (bicyclic) bond motifs is 2. The van der Waals surface area contributed by atoms with Crippen molar-refractivity contribution in [2.24, 2.45) is 0 Å². The van der Waals surface area contributed by atoms with Crippen LogP contribution in [0.4, 0.5) is 11.4 Å². The second-order valence-corrected chi connectivity index (χ2v) is 22.4. The van der Waals surface area contributed by atoms with Gasteiger partial charge < -0.3 is 23.6 Å². The smallest absolute Gasteiger partial charge is 0.748 e. The standard InChI is InChI=1S/C42H53N3O17S4.3Na/c1-41(21-10-26-63(49,50)51)32-28-30(65(55,56)57)15-17-34(32)43(23-9-5-8-14-40(48)62-45-38(46)19-20-39(45)47)36(41)12-6-4-7-13-37-42(2,22-11-27-64(52,53)54)33-29-31(66(58,59)60)16-18-35(33)44(37)24-25-61-3;;;/h4,6-7,12-13,15-18,28-29H,5,8-11,14,19-27H2,1-3H3,(H3-,49,50,51,52,53,54,55,56,57,58,59,60);;;/q;3*+1/p-1. The Morgan fingerprint density at radius 1 is 0.783 bits per heavy atom. The van der Waals surface area contributed by atoms with Gasteiger partial charge >= 0.3 is 94.6 Å². The van der Waals surface area contributed by atoms with Crippen molar-refractivity contribution < 1.29 is 169 Å². The first-order chi connectivity index (χ1) is 30.7. The minimum absolute atomic E-state index is 0. The van der Waals surface area contributed by atoms with Crippen LogP contribution in [-0.4, -0.2) is 123 Å². The monoisotopic (exact) mass is 1070 g/mol. The number of hydroxylamine groups is 2. The molecule has 2 amide bonds. The molecule has 2 atom stereocenters. The summed E-state index contributed by atoms with van der Waals surface area (Å²) in [6, 6.07) is 7.94. The fourth-order valence-corrected chi connectivity index (χ4v) is 10.7. The predicted octanol–water partition coefficient (Wildman–Crippen LogP) is -5.21. The zero-order chi connectivity index (χ0) is 48.9. The Morgan fingerprint density at radius 2 is 1.39 bits per heavy atom. The number of carbonyl (C=O) groups excluding carboxylic acids is 3. The SMILES string of the molecule is COCCN1C(=CC=CC=CC2=[N+](CCCCCC(=O)ON3C(=O)CCC3=O)c3ccc(S(=O)(=O)[O-])cc3C2(C)CCCS(=O)(=O)[O-])C(C)(CCCS(=O)(=O)O)c2cc(S(=O)(=O)O)ccc21.[Na+].[Na+].[Na+]. The number of carbonyl (C=O) groups is 3. The number of amides is 2. The Hall–Kier alpha value is -1.66. The van der Waals surface area contributed by atoms with Crippen molar-refractivity contribution in [1.82, 2.24) is 5.06 Å². The largest absolute Gasteiger partial charge is 1.00 e. The summed E-state index contributed by atoms with van der Waals surface area (Å²) in [5.74, 6) is -3.27. The quantitative estimate of drug-likeness (QED) is 0.0263. The molecule has 0 radical (unpaired) electrons. The summed E-state index contributed by atoms with van der Waals surface area (Å²) in [7, 11) is -17.1. The van der Waals surface area contributed by atoms with Crippen LogP contribution < -0.4 is 93.6 Å². The van der Waals surface area contributed by atoms with Crippen molar-refractivity contribution in [3.63, 3.8) is 0 Å². The molecule has 3 aliphatic rings. The number of nitrogens with zero attached hydrogens (tertiary/aromatic N) is 3. The van der Waals surface area contributed by atoms with E-state index in [-0.39, 0.29) is 158 Å². The molecule has 5 rings (SSSR count). The normalized spacial score (nSPS) is 20.1. The number of allylic oxidation sites excluding steroid dienone is 6. The Balaban J connectivity index is 0.00000544. The molecule has 69 heavy (non-hydrogen) atoms. The molecule has 1 fully saturated rings. The van der Waals surface area contributed by atoms with E-state index < -0.39 is 85.5 Å². The Kier molecular flexibility index (Phi) is 23.9. The fourth-order valence-electron chi connectivity index (χ4n) is 8.66. The zero-order valence-corrected chi connectivity index (χ0v) is 48.7. The van der Waals surface area contributed by atoms with Crippen molar-refractivity contribution in [1.29, 1.82) is 0 Å². The van der Waals surface area contributed by atoms with Gasteiger partial charge in [0.2, 0.25) is 5.69 Å². The van der Waals surface area contributed by atoms with Gasteiger partial charge in [0.15, 0.2) is 5.71 Å².